The Balaban J connectivity index is 1.99. The van der Waals surface area contributed by atoms with Crippen molar-refractivity contribution in [1.29, 1.82) is 0 Å². The van der Waals surface area contributed by atoms with E-state index in [1.165, 1.54) is 16.7 Å². The lowest BCUT2D eigenvalue weighted by atomic mass is 9.59. The Kier molecular flexibility index (Phi) is 8.95. The Bertz CT molecular complexity index is 938. The van der Waals surface area contributed by atoms with Crippen molar-refractivity contribution in [3.8, 4) is 0 Å². The van der Waals surface area contributed by atoms with Crippen molar-refractivity contribution in [1.82, 2.24) is 4.90 Å². The van der Waals surface area contributed by atoms with E-state index >= 15 is 0 Å². The van der Waals surface area contributed by atoms with Crippen LogP contribution in [0, 0.1) is 11.3 Å². The second kappa shape index (κ2) is 11.5. The van der Waals surface area contributed by atoms with Gasteiger partial charge in [0.25, 0.3) is 0 Å². The smallest absolute Gasteiger partial charge is 0.0794 e. The molecule has 0 fully saturated rings. The Morgan fingerprint density at radius 2 is 1.56 bits per heavy atom. The number of likely N-dealkylation sites (N-methyl/N-ethyl adjacent to an activating group) is 1. The number of rotatable bonds is 10. The molecule has 2 aromatic carbocycles. The van der Waals surface area contributed by atoms with Gasteiger partial charge in [0.05, 0.1) is 12.7 Å². The number of hydrogen-bond donors (Lipinski definition) is 0. The van der Waals surface area contributed by atoms with Gasteiger partial charge in [-0.05, 0) is 55.0 Å². The molecule has 0 aromatic heterocycles. The minimum atomic E-state index is -0.0376. The van der Waals surface area contributed by atoms with Gasteiger partial charge in [0.2, 0.25) is 0 Å². The quantitative estimate of drug-likeness (QED) is 0.362. The number of hydrogen-bond acceptors (Lipinski definition) is 2. The molecule has 2 aromatic rings. The highest BCUT2D eigenvalue weighted by atomic mass is 16.5. The molecule has 0 spiro atoms. The molecule has 1 aliphatic carbocycles. The molecule has 3 rings (SSSR count). The summed E-state index contributed by atoms with van der Waals surface area (Å²) in [5.41, 5.74) is 4.42. The third-order valence-electron chi connectivity index (χ3n) is 7.70. The molecule has 34 heavy (non-hydrogen) atoms. The van der Waals surface area contributed by atoms with E-state index in [1.807, 2.05) is 0 Å². The molecule has 184 valence electrons. The standard InChI is InChI=1S/C32H45NO/c1-25(31(2,3)4)24-32(5,28-16-12-9-13-17-28)30(26-14-10-8-11-15-26)27-18-20-29(21-19-27)34-23-22-33(6)7/h8-20,25,29-30H,21-24H2,1-7H3. The van der Waals surface area contributed by atoms with Crippen molar-refractivity contribution in [3.05, 3.63) is 95.6 Å². The van der Waals surface area contributed by atoms with E-state index in [9.17, 15) is 0 Å². The lowest BCUT2D eigenvalue weighted by Gasteiger charge is -2.44. The Hall–Kier alpha value is -2.16. The first-order chi connectivity index (χ1) is 16.1. The SMILES string of the molecule is CC(CC(C)(c1ccccc1)C(C1=CCC(OCCN(C)C)C=C1)c1ccccc1)C(C)(C)C. The number of allylic oxidation sites excluding steroid dienone is 2. The Morgan fingerprint density at radius 3 is 2.09 bits per heavy atom. The maximum atomic E-state index is 6.13. The molecule has 0 radical (unpaired) electrons. The van der Waals surface area contributed by atoms with Gasteiger partial charge in [-0.3, -0.25) is 0 Å². The highest BCUT2D eigenvalue weighted by molar-refractivity contribution is 5.45. The van der Waals surface area contributed by atoms with Crippen LogP contribution in [0.1, 0.15) is 64.5 Å². The number of nitrogens with zero attached hydrogens (tertiary/aromatic N) is 1. The normalized spacial score (nSPS) is 20.0. The van der Waals surface area contributed by atoms with Gasteiger partial charge in [0, 0.05) is 17.9 Å². The number of benzene rings is 2. The van der Waals surface area contributed by atoms with Crippen molar-refractivity contribution >= 4 is 0 Å². The summed E-state index contributed by atoms with van der Waals surface area (Å²) in [4.78, 5) is 2.17. The van der Waals surface area contributed by atoms with Gasteiger partial charge in [0.15, 0.2) is 0 Å². The van der Waals surface area contributed by atoms with E-state index in [-0.39, 0.29) is 22.9 Å². The van der Waals surface area contributed by atoms with E-state index < -0.39 is 0 Å². The molecule has 0 bridgehead atoms. The van der Waals surface area contributed by atoms with Crippen LogP contribution in [0.4, 0.5) is 0 Å². The summed E-state index contributed by atoms with van der Waals surface area (Å²) >= 11 is 0. The van der Waals surface area contributed by atoms with Crippen LogP contribution in [0.5, 0.6) is 0 Å². The van der Waals surface area contributed by atoms with E-state index in [1.54, 1.807) is 0 Å². The van der Waals surface area contributed by atoms with Crippen molar-refractivity contribution in [2.24, 2.45) is 11.3 Å². The maximum Gasteiger partial charge on any atom is 0.0794 e. The van der Waals surface area contributed by atoms with Crippen molar-refractivity contribution in [2.45, 2.75) is 64.9 Å². The van der Waals surface area contributed by atoms with E-state index in [0.717, 1.165) is 26.0 Å². The van der Waals surface area contributed by atoms with Crippen LogP contribution in [0.2, 0.25) is 0 Å². The molecule has 0 heterocycles. The summed E-state index contributed by atoms with van der Waals surface area (Å²) in [7, 11) is 4.18. The zero-order chi connectivity index (χ0) is 24.8. The van der Waals surface area contributed by atoms with Crippen molar-refractivity contribution in [2.75, 3.05) is 27.2 Å². The van der Waals surface area contributed by atoms with Crippen LogP contribution in [0.25, 0.3) is 0 Å². The highest BCUT2D eigenvalue weighted by Gasteiger charge is 2.41. The molecule has 4 unspecified atom stereocenters. The zero-order valence-electron chi connectivity index (χ0n) is 22.4. The summed E-state index contributed by atoms with van der Waals surface area (Å²) < 4.78 is 6.13. The minimum absolute atomic E-state index is 0.0376. The first kappa shape index (κ1) is 26.4. The molecule has 0 amide bonds. The van der Waals surface area contributed by atoms with Gasteiger partial charge in [-0.15, -0.1) is 0 Å². The maximum absolute atomic E-state index is 6.13. The summed E-state index contributed by atoms with van der Waals surface area (Å²) in [6.07, 6.45) is 9.26. The predicted octanol–water partition coefficient (Wildman–Crippen LogP) is 7.63. The van der Waals surface area contributed by atoms with Crippen LogP contribution < -0.4 is 0 Å². The third-order valence-corrected chi connectivity index (χ3v) is 7.70. The average molecular weight is 460 g/mol. The number of ether oxygens (including phenoxy) is 1. The second-order valence-electron chi connectivity index (χ2n) is 11.6. The first-order valence-corrected chi connectivity index (χ1v) is 12.9. The largest absolute Gasteiger partial charge is 0.372 e. The Labute approximate surface area is 208 Å². The molecule has 4 atom stereocenters. The lowest BCUT2D eigenvalue weighted by molar-refractivity contribution is 0.0742. The Morgan fingerprint density at radius 1 is 0.941 bits per heavy atom. The van der Waals surface area contributed by atoms with Crippen LogP contribution in [0.3, 0.4) is 0 Å². The summed E-state index contributed by atoms with van der Waals surface area (Å²) in [6, 6.07) is 22.3. The van der Waals surface area contributed by atoms with Gasteiger partial charge >= 0.3 is 0 Å². The summed E-state index contributed by atoms with van der Waals surface area (Å²) in [6.45, 7) is 13.7. The summed E-state index contributed by atoms with van der Waals surface area (Å²) in [5, 5.41) is 0. The molecule has 0 aliphatic heterocycles. The highest BCUT2D eigenvalue weighted by Crippen LogP contribution is 2.50. The first-order valence-electron chi connectivity index (χ1n) is 12.9. The van der Waals surface area contributed by atoms with Gasteiger partial charge in [-0.25, -0.2) is 0 Å². The van der Waals surface area contributed by atoms with Gasteiger partial charge < -0.3 is 9.64 Å². The molecule has 1 aliphatic rings. The zero-order valence-corrected chi connectivity index (χ0v) is 22.4. The molecule has 2 heteroatoms. The molecule has 0 saturated heterocycles. The molecule has 0 saturated carbocycles. The van der Waals surface area contributed by atoms with E-state index in [2.05, 4.69) is 133 Å². The van der Waals surface area contributed by atoms with Gasteiger partial charge in [-0.2, -0.15) is 0 Å². The van der Waals surface area contributed by atoms with Gasteiger partial charge in [0.1, 0.15) is 0 Å². The van der Waals surface area contributed by atoms with Crippen LogP contribution in [-0.4, -0.2) is 38.3 Å². The average Bonchev–Trinajstić information content (AvgIpc) is 2.81. The van der Waals surface area contributed by atoms with E-state index in [4.69, 9.17) is 4.74 Å². The fraction of sp³-hybridized carbons (Fsp3) is 0.500. The van der Waals surface area contributed by atoms with Crippen LogP contribution >= 0.6 is 0 Å². The fourth-order valence-corrected chi connectivity index (χ4v) is 5.08. The van der Waals surface area contributed by atoms with Gasteiger partial charge in [-0.1, -0.05) is 114 Å². The predicted molar refractivity (Wildman–Crippen MR) is 146 cm³/mol. The topological polar surface area (TPSA) is 12.5 Å². The second-order valence-corrected chi connectivity index (χ2v) is 11.6. The van der Waals surface area contributed by atoms with Crippen molar-refractivity contribution in [3.63, 3.8) is 0 Å². The van der Waals surface area contributed by atoms with E-state index in [0.29, 0.717) is 5.92 Å². The lowest BCUT2D eigenvalue weighted by Crippen LogP contribution is -2.36. The molecule has 2 nitrogen and oxygen atoms in total. The summed E-state index contributed by atoms with van der Waals surface area (Å²) in [5.74, 6) is 0.846. The van der Waals surface area contributed by atoms with Crippen molar-refractivity contribution < 1.29 is 4.74 Å². The monoisotopic (exact) mass is 459 g/mol. The fourth-order valence-electron chi connectivity index (χ4n) is 5.08. The molecular weight excluding hydrogens is 414 g/mol. The van der Waals surface area contributed by atoms with Crippen LogP contribution in [0.15, 0.2) is 84.5 Å². The third kappa shape index (κ3) is 6.71. The molecular formula is C32H45NO. The van der Waals surface area contributed by atoms with Crippen LogP contribution in [-0.2, 0) is 10.2 Å². The minimum Gasteiger partial charge on any atom is -0.372 e. The molecule has 0 N–H and O–H groups in total.